The summed E-state index contributed by atoms with van der Waals surface area (Å²) >= 11 is 0. The highest BCUT2D eigenvalue weighted by molar-refractivity contribution is 4.91. The van der Waals surface area contributed by atoms with Crippen LogP contribution in [0.15, 0.2) is 0 Å². The second kappa shape index (κ2) is 13.9. The summed E-state index contributed by atoms with van der Waals surface area (Å²) in [5.41, 5.74) is 0.279. The molecule has 1 rings (SSSR count). The van der Waals surface area contributed by atoms with Gasteiger partial charge >= 0.3 is 0 Å². The van der Waals surface area contributed by atoms with E-state index in [2.05, 4.69) is 86.8 Å². The third kappa shape index (κ3) is 12.6. The van der Waals surface area contributed by atoms with Crippen LogP contribution < -0.4 is 10.6 Å². The zero-order chi connectivity index (χ0) is 26.0. The molecule has 1 fully saturated rings. The average molecular weight is 487 g/mol. The predicted octanol–water partition coefficient (Wildman–Crippen LogP) is 5.19. The molecule has 1 aliphatic rings. The zero-order valence-electron chi connectivity index (χ0n) is 24.4. The summed E-state index contributed by atoms with van der Waals surface area (Å²) in [6.45, 7) is 29.5. The van der Waals surface area contributed by atoms with Crippen LogP contribution in [0.5, 0.6) is 0 Å². The lowest BCUT2D eigenvalue weighted by Crippen LogP contribution is -2.52. The standard InChI is InChI=1S/C28H58N2O4/c1-22(33-15-12-14-31-16-13-29-25(2,3)4)28(10,11)27(8,9)21-32-17-18-34-24-19-23(20-24)30-26(5,6)7/h22-24,29-30H,12-21H2,1-11H3/t22-,23?,24?/m1/s1. The molecular formula is C28H58N2O4. The van der Waals surface area contributed by atoms with Gasteiger partial charge in [-0.3, -0.25) is 0 Å². The van der Waals surface area contributed by atoms with Gasteiger partial charge in [0.25, 0.3) is 0 Å². The van der Waals surface area contributed by atoms with Gasteiger partial charge in [-0.1, -0.05) is 27.7 Å². The maximum atomic E-state index is 6.20. The first kappa shape index (κ1) is 31.8. The lowest BCUT2D eigenvalue weighted by Gasteiger charge is -2.45. The Bertz CT molecular complexity index is 546. The molecular weight excluding hydrogens is 428 g/mol. The molecule has 0 heterocycles. The van der Waals surface area contributed by atoms with Crippen LogP contribution in [0, 0.1) is 10.8 Å². The van der Waals surface area contributed by atoms with Crippen LogP contribution in [0.2, 0.25) is 0 Å². The van der Waals surface area contributed by atoms with E-state index in [4.69, 9.17) is 18.9 Å². The second-order valence-electron chi connectivity index (χ2n) is 13.4. The maximum Gasteiger partial charge on any atom is 0.0704 e. The van der Waals surface area contributed by atoms with Gasteiger partial charge in [-0.25, -0.2) is 0 Å². The van der Waals surface area contributed by atoms with Crippen LogP contribution in [0.1, 0.15) is 95.4 Å². The van der Waals surface area contributed by atoms with Crippen molar-refractivity contribution < 1.29 is 18.9 Å². The molecule has 0 aromatic carbocycles. The Morgan fingerprint density at radius 3 is 2.00 bits per heavy atom. The summed E-state index contributed by atoms with van der Waals surface area (Å²) in [7, 11) is 0. The molecule has 0 spiro atoms. The Kier molecular flexibility index (Phi) is 13.0. The predicted molar refractivity (Wildman–Crippen MR) is 143 cm³/mol. The van der Waals surface area contributed by atoms with E-state index in [1.807, 2.05) is 0 Å². The fraction of sp³-hybridized carbons (Fsp3) is 1.00. The Labute approximate surface area is 211 Å². The van der Waals surface area contributed by atoms with Gasteiger partial charge < -0.3 is 29.6 Å². The molecule has 2 N–H and O–H groups in total. The van der Waals surface area contributed by atoms with E-state index < -0.39 is 0 Å². The topological polar surface area (TPSA) is 61.0 Å². The van der Waals surface area contributed by atoms with Crippen molar-refractivity contribution in [1.82, 2.24) is 10.6 Å². The van der Waals surface area contributed by atoms with Gasteiger partial charge in [-0.05, 0) is 78.6 Å². The maximum absolute atomic E-state index is 6.20. The fourth-order valence-electron chi connectivity index (χ4n) is 4.00. The molecule has 204 valence electrons. The largest absolute Gasteiger partial charge is 0.380 e. The molecule has 0 aliphatic heterocycles. The van der Waals surface area contributed by atoms with Crippen LogP contribution in [0.4, 0.5) is 0 Å². The molecule has 6 nitrogen and oxygen atoms in total. The second-order valence-corrected chi connectivity index (χ2v) is 13.4. The van der Waals surface area contributed by atoms with Crippen molar-refractivity contribution in [3.63, 3.8) is 0 Å². The normalized spacial score (nSPS) is 20.9. The van der Waals surface area contributed by atoms with E-state index in [9.17, 15) is 0 Å². The number of hydrogen-bond acceptors (Lipinski definition) is 6. The van der Waals surface area contributed by atoms with Crippen molar-refractivity contribution >= 4 is 0 Å². The van der Waals surface area contributed by atoms with Gasteiger partial charge in [-0.2, -0.15) is 0 Å². The van der Waals surface area contributed by atoms with Gasteiger partial charge in [0, 0.05) is 36.9 Å². The van der Waals surface area contributed by atoms with Crippen LogP contribution in [-0.4, -0.2) is 75.5 Å². The van der Waals surface area contributed by atoms with E-state index in [0.29, 0.717) is 38.6 Å². The fourth-order valence-corrected chi connectivity index (χ4v) is 4.00. The van der Waals surface area contributed by atoms with Crippen molar-refractivity contribution in [3.8, 4) is 0 Å². The van der Waals surface area contributed by atoms with Gasteiger partial charge in [-0.15, -0.1) is 0 Å². The molecule has 0 saturated heterocycles. The first-order chi connectivity index (χ1) is 15.5. The van der Waals surface area contributed by atoms with E-state index in [0.717, 1.165) is 39.0 Å². The first-order valence-electron chi connectivity index (χ1n) is 13.4. The van der Waals surface area contributed by atoms with E-state index in [1.165, 1.54) is 0 Å². The first-order valence-corrected chi connectivity index (χ1v) is 13.4. The minimum atomic E-state index is -0.0227. The lowest BCUT2D eigenvalue weighted by molar-refractivity contribution is -0.110. The lowest BCUT2D eigenvalue weighted by atomic mass is 9.65. The summed E-state index contributed by atoms with van der Waals surface area (Å²) in [5.74, 6) is 0. The Balaban J connectivity index is 2.15. The van der Waals surface area contributed by atoms with Gasteiger partial charge in [0.15, 0.2) is 0 Å². The highest BCUT2D eigenvalue weighted by Gasteiger charge is 2.42. The zero-order valence-corrected chi connectivity index (χ0v) is 24.4. The van der Waals surface area contributed by atoms with Gasteiger partial charge in [0.1, 0.15) is 0 Å². The molecule has 34 heavy (non-hydrogen) atoms. The van der Waals surface area contributed by atoms with Gasteiger partial charge in [0.05, 0.1) is 38.6 Å². The van der Waals surface area contributed by atoms with Crippen LogP contribution in [-0.2, 0) is 18.9 Å². The van der Waals surface area contributed by atoms with Crippen LogP contribution in [0.3, 0.4) is 0 Å². The summed E-state index contributed by atoms with van der Waals surface area (Å²) in [6.07, 6.45) is 3.62. The molecule has 0 bridgehead atoms. The SMILES string of the molecule is C[C@@H](OCCCOCCNC(C)(C)C)C(C)(C)C(C)(C)COCCOC1CC(NC(C)(C)C)C1. The molecule has 0 aromatic rings. The Morgan fingerprint density at radius 1 is 0.765 bits per heavy atom. The number of rotatable bonds is 17. The molecule has 1 atom stereocenters. The van der Waals surface area contributed by atoms with Crippen molar-refractivity contribution in [2.45, 2.75) is 125 Å². The van der Waals surface area contributed by atoms with E-state index >= 15 is 0 Å². The number of hydrogen-bond donors (Lipinski definition) is 2. The summed E-state index contributed by atoms with van der Waals surface area (Å²) in [6, 6.07) is 0.587. The molecule has 0 radical (unpaired) electrons. The Hall–Kier alpha value is -0.240. The van der Waals surface area contributed by atoms with Crippen molar-refractivity contribution in [3.05, 3.63) is 0 Å². The van der Waals surface area contributed by atoms with Gasteiger partial charge in [0.2, 0.25) is 0 Å². The number of nitrogens with one attached hydrogen (secondary N) is 2. The molecule has 0 amide bonds. The van der Waals surface area contributed by atoms with Crippen LogP contribution in [0.25, 0.3) is 0 Å². The average Bonchev–Trinajstić information content (AvgIpc) is 2.65. The number of ether oxygens (including phenoxy) is 4. The minimum Gasteiger partial charge on any atom is -0.380 e. The quantitative estimate of drug-likeness (QED) is 0.276. The third-order valence-corrected chi connectivity index (χ3v) is 7.24. The summed E-state index contributed by atoms with van der Waals surface area (Å²) in [5, 5.41) is 7.07. The van der Waals surface area contributed by atoms with Crippen molar-refractivity contribution in [1.29, 1.82) is 0 Å². The Morgan fingerprint density at radius 2 is 1.41 bits per heavy atom. The monoisotopic (exact) mass is 486 g/mol. The molecule has 6 heteroatoms. The molecule has 0 aromatic heterocycles. The van der Waals surface area contributed by atoms with Crippen LogP contribution >= 0.6 is 0 Å². The van der Waals surface area contributed by atoms with E-state index in [-0.39, 0.29) is 28.0 Å². The highest BCUT2D eigenvalue weighted by atomic mass is 16.5. The minimum absolute atomic E-state index is 0.0142. The molecule has 1 saturated carbocycles. The molecule has 1 aliphatic carbocycles. The summed E-state index contributed by atoms with van der Waals surface area (Å²) in [4.78, 5) is 0. The summed E-state index contributed by atoms with van der Waals surface area (Å²) < 4.78 is 23.9. The smallest absolute Gasteiger partial charge is 0.0704 e. The third-order valence-electron chi connectivity index (χ3n) is 7.24. The molecule has 0 unspecified atom stereocenters. The van der Waals surface area contributed by atoms with Crippen molar-refractivity contribution in [2.24, 2.45) is 10.8 Å². The highest BCUT2D eigenvalue weighted by Crippen LogP contribution is 2.42. The van der Waals surface area contributed by atoms with Crippen molar-refractivity contribution in [2.75, 3.05) is 46.2 Å². The van der Waals surface area contributed by atoms with E-state index in [1.54, 1.807) is 0 Å².